The molecule has 7 heteroatoms. The lowest BCUT2D eigenvalue weighted by atomic mass is 10.1. The van der Waals surface area contributed by atoms with E-state index in [1.807, 2.05) is 6.92 Å². The van der Waals surface area contributed by atoms with Crippen LogP contribution in [0.1, 0.15) is 30.9 Å². The second-order valence-electron chi connectivity index (χ2n) is 4.18. The normalized spacial score (nSPS) is 12.6. The van der Waals surface area contributed by atoms with Crippen molar-refractivity contribution in [2.24, 2.45) is 10.9 Å². The molecule has 0 heterocycles. The number of hydrogen-bond donors (Lipinski definition) is 3. The van der Waals surface area contributed by atoms with Crippen molar-refractivity contribution in [2.45, 2.75) is 26.3 Å². The van der Waals surface area contributed by atoms with Gasteiger partial charge in [-0.3, -0.25) is 0 Å². The van der Waals surface area contributed by atoms with Gasteiger partial charge in [0.05, 0.1) is 5.75 Å². The molecular formula is C12H19N3O3S. The molecule has 0 aromatic heterocycles. The van der Waals surface area contributed by atoms with Gasteiger partial charge in [-0.15, -0.1) is 0 Å². The third kappa shape index (κ3) is 5.27. The Balaban J connectivity index is 2.59. The van der Waals surface area contributed by atoms with Crippen LogP contribution in [0, 0.1) is 0 Å². The number of unbranched alkanes of at least 4 members (excludes halogenated alkanes) is 1. The summed E-state index contributed by atoms with van der Waals surface area (Å²) in [6.07, 6.45) is 1.49. The van der Waals surface area contributed by atoms with E-state index in [1.54, 1.807) is 24.3 Å². The first-order valence-corrected chi connectivity index (χ1v) is 7.68. The van der Waals surface area contributed by atoms with Crippen molar-refractivity contribution in [3.63, 3.8) is 0 Å². The second kappa shape index (κ2) is 7.10. The van der Waals surface area contributed by atoms with Crippen LogP contribution in [0.5, 0.6) is 0 Å². The number of hydrogen-bond acceptors (Lipinski definition) is 4. The van der Waals surface area contributed by atoms with E-state index in [1.165, 1.54) is 0 Å². The molecule has 106 valence electrons. The molecule has 1 rings (SSSR count). The standard InChI is InChI=1S/C12H19N3O3S/c1-2-3-8-19(17,18)14-9-10-4-6-11(7-5-10)12(13)15-16/h4-7,14,16H,2-3,8-9H2,1H3,(H2,13,15). The number of oxime groups is 1. The van der Waals surface area contributed by atoms with Crippen molar-refractivity contribution < 1.29 is 13.6 Å². The maximum absolute atomic E-state index is 11.6. The Kier molecular flexibility index (Phi) is 5.78. The van der Waals surface area contributed by atoms with Crippen molar-refractivity contribution in [3.05, 3.63) is 35.4 Å². The van der Waals surface area contributed by atoms with Crippen molar-refractivity contribution in [2.75, 3.05) is 5.75 Å². The van der Waals surface area contributed by atoms with E-state index in [-0.39, 0.29) is 18.1 Å². The molecule has 1 aromatic rings. The van der Waals surface area contributed by atoms with Gasteiger partial charge in [-0.1, -0.05) is 42.8 Å². The van der Waals surface area contributed by atoms with Crippen molar-refractivity contribution in [1.29, 1.82) is 0 Å². The zero-order chi connectivity index (χ0) is 14.3. The Bertz CT molecular complexity index is 524. The van der Waals surface area contributed by atoms with Crippen LogP contribution >= 0.6 is 0 Å². The highest BCUT2D eigenvalue weighted by molar-refractivity contribution is 7.89. The highest BCUT2D eigenvalue weighted by Crippen LogP contribution is 2.05. The fraction of sp³-hybridized carbons (Fsp3) is 0.417. The first-order chi connectivity index (χ1) is 8.98. The van der Waals surface area contributed by atoms with Crippen LogP contribution in [0.2, 0.25) is 0 Å². The molecule has 0 aliphatic carbocycles. The zero-order valence-corrected chi connectivity index (χ0v) is 11.7. The molecule has 0 aliphatic heterocycles. The lowest BCUT2D eigenvalue weighted by Gasteiger charge is -2.07. The third-order valence-corrected chi connectivity index (χ3v) is 4.03. The fourth-order valence-corrected chi connectivity index (χ4v) is 2.65. The Hall–Kier alpha value is -1.60. The SMILES string of the molecule is CCCCS(=O)(=O)NCc1ccc(C(N)=NO)cc1. The van der Waals surface area contributed by atoms with Crippen molar-refractivity contribution in [1.82, 2.24) is 4.72 Å². The second-order valence-corrected chi connectivity index (χ2v) is 6.10. The van der Waals surface area contributed by atoms with Gasteiger partial charge in [0, 0.05) is 12.1 Å². The van der Waals surface area contributed by atoms with E-state index in [2.05, 4.69) is 9.88 Å². The summed E-state index contributed by atoms with van der Waals surface area (Å²) in [4.78, 5) is 0. The molecule has 0 saturated heterocycles. The van der Waals surface area contributed by atoms with Gasteiger partial charge < -0.3 is 10.9 Å². The van der Waals surface area contributed by atoms with Crippen LogP contribution in [0.3, 0.4) is 0 Å². The maximum Gasteiger partial charge on any atom is 0.211 e. The number of nitrogens with zero attached hydrogens (tertiary/aromatic N) is 1. The van der Waals surface area contributed by atoms with Gasteiger partial charge in [-0.25, -0.2) is 13.1 Å². The predicted octanol–water partition coefficient (Wildman–Crippen LogP) is 1.00. The van der Waals surface area contributed by atoms with Gasteiger partial charge in [0.1, 0.15) is 0 Å². The smallest absolute Gasteiger partial charge is 0.211 e. The molecule has 6 nitrogen and oxygen atoms in total. The number of nitrogens with two attached hydrogens (primary N) is 1. The first kappa shape index (κ1) is 15.5. The summed E-state index contributed by atoms with van der Waals surface area (Å²) in [5, 5.41) is 11.4. The molecule has 0 aliphatic rings. The van der Waals surface area contributed by atoms with E-state index >= 15 is 0 Å². The lowest BCUT2D eigenvalue weighted by Crippen LogP contribution is -2.25. The summed E-state index contributed by atoms with van der Waals surface area (Å²) >= 11 is 0. The van der Waals surface area contributed by atoms with Crippen molar-refractivity contribution >= 4 is 15.9 Å². The fourth-order valence-electron chi connectivity index (χ4n) is 1.45. The molecule has 1 aromatic carbocycles. The van der Waals surface area contributed by atoms with Gasteiger partial charge in [-0.05, 0) is 12.0 Å². The molecule has 0 amide bonds. The summed E-state index contributed by atoms with van der Waals surface area (Å²) < 4.78 is 25.7. The van der Waals surface area contributed by atoms with Crippen LogP contribution in [0.15, 0.2) is 29.4 Å². The van der Waals surface area contributed by atoms with E-state index in [0.717, 1.165) is 12.0 Å². The summed E-state index contributed by atoms with van der Waals surface area (Å²) in [6, 6.07) is 6.81. The van der Waals surface area contributed by atoms with E-state index in [4.69, 9.17) is 10.9 Å². The average molecular weight is 285 g/mol. The molecule has 0 atom stereocenters. The van der Waals surface area contributed by atoms with Gasteiger partial charge in [-0.2, -0.15) is 0 Å². The summed E-state index contributed by atoms with van der Waals surface area (Å²) in [6.45, 7) is 2.18. The number of rotatable bonds is 7. The molecule has 0 spiro atoms. The topological polar surface area (TPSA) is 105 Å². The number of nitrogens with one attached hydrogen (secondary N) is 1. The van der Waals surface area contributed by atoms with Crippen molar-refractivity contribution in [3.8, 4) is 0 Å². The van der Waals surface area contributed by atoms with Crippen LogP contribution in [-0.4, -0.2) is 25.2 Å². The molecule has 4 N–H and O–H groups in total. The van der Waals surface area contributed by atoms with Crippen LogP contribution < -0.4 is 10.5 Å². The minimum atomic E-state index is -3.21. The summed E-state index contributed by atoms with van der Waals surface area (Å²) in [5.41, 5.74) is 6.83. The molecule has 0 fully saturated rings. The Morgan fingerprint density at radius 2 is 2.00 bits per heavy atom. The Morgan fingerprint density at radius 3 is 2.53 bits per heavy atom. The molecular weight excluding hydrogens is 266 g/mol. The van der Waals surface area contributed by atoms with E-state index < -0.39 is 10.0 Å². The number of amidine groups is 1. The highest BCUT2D eigenvalue weighted by Gasteiger charge is 2.08. The van der Waals surface area contributed by atoms with Crippen LogP contribution in [-0.2, 0) is 16.6 Å². The largest absolute Gasteiger partial charge is 0.409 e. The molecule has 0 radical (unpaired) electrons. The monoisotopic (exact) mass is 285 g/mol. The van der Waals surface area contributed by atoms with E-state index in [0.29, 0.717) is 12.0 Å². The van der Waals surface area contributed by atoms with Gasteiger partial charge in [0.15, 0.2) is 5.84 Å². The number of sulfonamides is 1. The average Bonchev–Trinajstić information content (AvgIpc) is 2.43. The summed E-state index contributed by atoms with van der Waals surface area (Å²) in [5.74, 6) is 0.168. The zero-order valence-electron chi connectivity index (χ0n) is 10.8. The Morgan fingerprint density at radius 1 is 1.37 bits per heavy atom. The minimum Gasteiger partial charge on any atom is -0.409 e. The molecule has 0 bridgehead atoms. The highest BCUT2D eigenvalue weighted by atomic mass is 32.2. The minimum absolute atomic E-state index is 0.0232. The molecule has 19 heavy (non-hydrogen) atoms. The maximum atomic E-state index is 11.6. The van der Waals surface area contributed by atoms with Crippen LogP contribution in [0.4, 0.5) is 0 Å². The molecule has 0 saturated carbocycles. The quantitative estimate of drug-likeness (QED) is 0.301. The summed E-state index contributed by atoms with van der Waals surface area (Å²) in [7, 11) is -3.21. The third-order valence-electron chi connectivity index (χ3n) is 2.62. The number of benzene rings is 1. The van der Waals surface area contributed by atoms with Crippen LogP contribution in [0.25, 0.3) is 0 Å². The first-order valence-electron chi connectivity index (χ1n) is 6.02. The van der Waals surface area contributed by atoms with Gasteiger partial charge in [0.25, 0.3) is 0 Å². The lowest BCUT2D eigenvalue weighted by molar-refractivity contribution is 0.318. The Labute approximate surface area is 113 Å². The predicted molar refractivity (Wildman–Crippen MR) is 74.5 cm³/mol. The van der Waals surface area contributed by atoms with Gasteiger partial charge >= 0.3 is 0 Å². The molecule has 0 unspecified atom stereocenters. The van der Waals surface area contributed by atoms with E-state index in [9.17, 15) is 8.42 Å². The van der Waals surface area contributed by atoms with Gasteiger partial charge in [0.2, 0.25) is 10.0 Å².